The Hall–Kier alpha value is -2.44. The zero-order valence-corrected chi connectivity index (χ0v) is 15.4. The van der Waals surface area contributed by atoms with Crippen molar-refractivity contribution < 1.29 is 23.8 Å². The van der Waals surface area contributed by atoms with Crippen LogP contribution in [0.25, 0.3) is 0 Å². The normalized spacial score (nSPS) is 19.1. The number of carboxylic acid groups (broad SMARTS) is 1. The third-order valence-electron chi connectivity index (χ3n) is 4.68. The van der Waals surface area contributed by atoms with Crippen LogP contribution < -0.4 is 0 Å². The van der Waals surface area contributed by atoms with Crippen molar-refractivity contribution in [3.8, 4) is 0 Å². The summed E-state index contributed by atoms with van der Waals surface area (Å²) in [6.45, 7) is 0.767. The van der Waals surface area contributed by atoms with E-state index in [-0.39, 0.29) is 16.5 Å². The van der Waals surface area contributed by atoms with Gasteiger partial charge in [0.2, 0.25) is 5.91 Å². The molecule has 0 radical (unpaired) electrons. The molecule has 0 aromatic heterocycles. The highest BCUT2D eigenvalue weighted by Crippen LogP contribution is 2.36. The molecule has 1 fully saturated rings. The molecule has 3 rings (SSSR count). The fourth-order valence-electron chi connectivity index (χ4n) is 3.25. The van der Waals surface area contributed by atoms with Crippen LogP contribution in [0.15, 0.2) is 42.5 Å². The van der Waals surface area contributed by atoms with Crippen molar-refractivity contribution in [1.29, 1.82) is 0 Å². The van der Waals surface area contributed by atoms with Crippen LogP contribution in [-0.4, -0.2) is 35.5 Å². The molecule has 0 bridgehead atoms. The van der Waals surface area contributed by atoms with Crippen LogP contribution in [0.5, 0.6) is 0 Å². The van der Waals surface area contributed by atoms with Crippen molar-refractivity contribution >= 4 is 23.5 Å². The van der Waals surface area contributed by atoms with Crippen molar-refractivity contribution in [1.82, 2.24) is 4.90 Å². The van der Waals surface area contributed by atoms with E-state index < -0.39 is 23.8 Å². The van der Waals surface area contributed by atoms with Gasteiger partial charge in [0.25, 0.3) is 0 Å². The number of ether oxygens (including phenoxy) is 1. The molecule has 1 amide bonds. The minimum Gasteiger partial charge on any atom is -0.478 e. The Balaban J connectivity index is 1.71. The number of hydrogen-bond acceptors (Lipinski definition) is 3. The Kier molecular flexibility index (Phi) is 5.77. The Bertz CT molecular complexity index is 856. The van der Waals surface area contributed by atoms with Gasteiger partial charge in [0, 0.05) is 20.2 Å². The van der Waals surface area contributed by atoms with Gasteiger partial charge in [-0.3, -0.25) is 4.79 Å². The lowest BCUT2D eigenvalue weighted by atomic mass is 9.94. The maximum atomic E-state index is 13.8. The Labute approximate surface area is 161 Å². The lowest BCUT2D eigenvalue weighted by Crippen LogP contribution is -2.34. The predicted octanol–water partition coefficient (Wildman–Crippen LogP) is 3.91. The van der Waals surface area contributed by atoms with Crippen molar-refractivity contribution in [2.45, 2.75) is 19.1 Å². The maximum absolute atomic E-state index is 13.8. The maximum Gasteiger partial charge on any atom is 0.335 e. The van der Waals surface area contributed by atoms with E-state index >= 15 is 0 Å². The van der Waals surface area contributed by atoms with Gasteiger partial charge in [-0.1, -0.05) is 29.8 Å². The van der Waals surface area contributed by atoms with Crippen LogP contribution in [0.1, 0.15) is 34.0 Å². The molecule has 1 saturated heterocycles. The van der Waals surface area contributed by atoms with Gasteiger partial charge in [0.1, 0.15) is 5.82 Å². The van der Waals surface area contributed by atoms with E-state index in [2.05, 4.69) is 0 Å². The Morgan fingerprint density at radius 3 is 2.59 bits per heavy atom. The van der Waals surface area contributed by atoms with Crippen LogP contribution in [0.4, 0.5) is 4.39 Å². The molecular weight excluding hydrogens is 373 g/mol. The van der Waals surface area contributed by atoms with Gasteiger partial charge in [-0.2, -0.15) is 0 Å². The van der Waals surface area contributed by atoms with Crippen LogP contribution in [0.3, 0.4) is 0 Å². The molecule has 1 N–H and O–H groups in total. The molecule has 142 valence electrons. The van der Waals surface area contributed by atoms with Crippen molar-refractivity contribution in [2.24, 2.45) is 5.92 Å². The molecule has 1 heterocycles. The molecule has 2 aromatic carbocycles. The molecule has 7 heteroatoms. The number of aromatic carboxylic acids is 1. The second-order valence-corrected chi connectivity index (χ2v) is 6.96. The number of nitrogens with zero attached hydrogens (tertiary/aromatic N) is 1. The summed E-state index contributed by atoms with van der Waals surface area (Å²) in [4.78, 5) is 25.4. The predicted molar refractivity (Wildman–Crippen MR) is 98.1 cm³/mol. The third kappa shape index (κ3) is 4.28. The van der Waals surface area contributed by atoms with Gasteiger partial charge in [-0.05, 0) is 41.8 Å². The quantitative estimate of drug-likeness (QED) is 0.839. The van der Waals surface area contributed by atoms with Crippen molar-refractivity contribution in [2.75, 3.05) is 13.7 Å². The molecular formula is C20H19ClFNO4. The summed E-state index contributed by atoms with van der Waals surface area (Å²) >= 11 is 5.73. The first-order valence-corrected chi connectivity index (χ1v) is 8.88. The number of hydrogen-bond donors (Lipinski definition) is 1. The minimum absolute atomic E-state index is 0.0292. The second kappa shape index (κ2) is 8.06. The van der Waals surface area contributed by atoms with Crippen LogP contribution in [0, 0.1) is 11.7 Å². The smallest absolute Gasteiger partial charge is 0.335 e. The fourth-order valence-corrected chi connectivity index (χ4v) is 3.37. The van der Waals surface area contributed by atoms with Crippen LogP contribution in [-0.2, 0) is 16.1 Å². The Morgan fingerprint density at radius 2 is 1.96 bits per heavy atom. The standard InChI is InChI=1S/C20H19ClFNO4/c1-23(11-12-2-4-13(5-3-12)20(25)26)19(24)15-8-9-27-18(15)14-6-7-16(21)17(22)10-14/h2-7,10,15,18H,8-9,11H2,1H3,(H,25,26)/t15-,18+/m1/s1. The van der Waals surface area contributed by atoms with Gasteiger partial charge in [0.05, 0.1) is 22.6 Å². The van der Waals surface area contributed by atoms with Crippen molar-refractivity contribution in [3.05, 3.63) is 70.0 Å². The Morgan fingerprint density at radius 1 is 1.26 bits per heavy atom. The number of carbonyl (C=O) groups is 2. The number of benzene rings is 2. The van der Waals surface area contributed by atoms with E-state index in [0.717, 1.165) is 5.56 Å². The SMILES string of the molecule is CN(Cc1ccc(C(=O)O)cc1)C(=O)[C@@H]1CCO[C@H]1c1ccc(Cl)c(F)c1. The summed E-state index contributed by atoms with van der Waals surface area (Å²) in [5, 5.41) is 8.98. The highest BCUT2D eigenvalue weighted by atomic mass is 35.5. The first-order valence-electron chi connectivity index (χ1n) is 8.50. The average Bonchev–Trinajstić information content (AvgIpc) is 3.13. The molecule has 1 aliphatic heterocycles. The van der Waals surface area contributed by atoms with E-state index in [1.807, 2.05) is 0 Å². The van der Waals surface area contributed by atoms with Crippen molar-refractivity contribution in [3.63, 3.8) is 0 Å². The number of carboxylic acids is 1. The first-order chi connectivity index (χ1) is 12.9. The number of rotatable bonds is 5. The van der Waals surface area contributed by atoms with Gasteiger partial charge in [0.15, 0.2) is 0 Å². The van der Waals surface area contributed by atoms with Gasteiger partial charge in [-0.25, -0.2) is 9.18 Å². The zero-order chi connectivity index (χ0) is 19.6. The number of carbonyl (C=O) groups excluding carboxylic acids is 1. The second-order valence-electron chi connectivity index (χ2n) is 6.56. The fraction of sp³-hybridized carbons (Fsp3) is 0.300. The van der Waals surface area contributed by atoms with E-state index in [4.69, 9.17) is 21.4 Å². The third-order valence-corrected chi connectivity index (χ3v) is 4.98. The summed E-state index contributed by atoms with van der Waals surface area (Å²) in [5.41, 5.74) is 1.61. The van der Waals surface area contributed by atoms with E-state index in [0.29, 0.717) is 25.1 Å². The molecule has 0 saturated carbocycles. The first kappa shape index (κ1) is 19.3. The molecule has 2 atom stereocenters. The summed E-state index contributed by atoms with van der Waals surface area (Å²) < 4.78 is 19.5. The number of halogens is 2. The summed E-state index contributed by atoms with van der Waals surface area (Å²) in [5.74, 6) is -2.04. The molecule has 5 nitrogen and oxygen atoms in total. The molecule has 2 aromatic rings. The van der Waals surface area contributed by atoms with Crippen LogP contribution >= 0.6 is 11.6 Å². The summed E-state index contributed by atoms with van der Waals surface area (Å²) in [6.07, 6.45) is 0.0388. The lowest BCUT2D eigenvalue weighted by molar-refractivity contribution is -0.136. The van der Waals surface area contributed by atoms with Crippen LogP contribution in [0.2, 0.25) is 5.02 Å². The molecule has 0 aliphatic carbocycles. The van der Waals surface area contributed by atoms with Gasteiger partial charge in [-0.15, -0.1) is 0 Å². The monoisotopic (exact) mass is 391 g/mol. The molecule has 27 heavy (non-hydrogen) atoms. The summed E-state index contributed by atoms with van der Waals surface area (Å²) in [6, 6.07) is 10.8. The lowest BCUT2D eigenvalue weighted by Gasteiger charge is -2.25. The molecule has 0 spiro atoms. The van der Waals surface area contributed by atoms with Gasteiger partial charge >= 0.3 is 5.97 Å². The van der Waals surface area contributed by atoms with E-state index in [1.54, 1.807) is 30.1 Å². The highest BCUT2D eigenvalue weighted by Gasteiger charge is 2.37. The zero-order valence-electron chi connectivity index (χ0n) is 14.7. The molecule has 0 unspecified atom stereocenters. The topological polar surface area (TPSA) is 66.8 Å². The minimum atomic E-state index is -0.993. The highest BCUT2D eigenvalue weighted by molar-refractivity contribution is 6.30. The summed E-state index contributed by atoms with van der Waals surface area (Å²) in [7, 11) is 1.69. The number of amides is 1. The van der Waals surface area contributed by atoms with E-state index in [1.165, 1.54) is 24.3 Å². The molecule has 1 aliphatic rings. The average molecular weight is 392 g/mol. The largest absolute Gasteiger partial charge is 0.478 e. The van der Waals surface area contributed by atoms with E-state index in [9.17, 15) is 14.0 Å². The van der Waals surface area contributed by atoms with Gasteiger partial charge < -0.3 is 14.7 Å².